The highest BCUT2D eigenvalue weighted by atomic mass is 15.6. The van der Waals surface area contributed by atoms with Crippen molar-refractivity contribution in [3.8, 4) is 0 Å². The molecule has 108 valence electrons. The topological polar surface area (TPSA) is 71.2 Å². The van der Waals surface area contributed by atoms with Crippen molar-refractivity contribution in [2.24, 2.45) is 0 Å². The Morgan fingerprint density at radius 2 is 2.30 bits per heavy atom. The van der Waals surface area contributed by atoms with Gasteiger partial charge in [-0.25, -0.2) is 0 Å². The standard InChI is InChI=1S/C13H21N7/c1-11-5-2-3-9-19(11)10-4-8-14-12-6-7-13-15-17-18-20(13)16-12/h6-7,11H,2-5,8-10H2,1H3,(H,14,16)/t11-/m0/s1. The van der Waals surface area contributed by atoms with Crippen LogP contribution in [-0.4, -0.2) is 55.8 Å². The van der Waals surface area contributed by atoms with Gasteiger partial charge in [-0.3, -0.25) is 0 Å². The fourth-order valence-electron chi connectivity index (χ4n) is 2.73. The van der Waals surface area contributed by atoms with Gasteiger partial charge in [0.25, 0.3) is 0 Å². The van der Waals surface area contributed by atoms with E-state index in [2.05, 4.69) is 37.8 Å². The number of rotatable bonds is 5. The van der Waals surface area contributed by atoms with Crippen LogP contribution in [0.1, 0.15) is 32.6 Å². The summed E-state index contributed by atoms with van der Waals surface area (Å²) in [6.45, 7) is 5.65. The SMILES string of the molecule is C[C@H]1CCCCN1CCCNc1ccc2nnnn2n1. The van der Waals surface area contributed by atoms with Gasteiger partial charge in [0.05, 0.1) is 0 Å². The highest BCUT2D eigenvalue weighted by Crippen LogP contribution is 2.16. The molecular weight excluding hydrogens is 254 g/mol. The first kappa shape index (κ1) is 13.2. The number of nitrogens with one attached hydrogen (secondary N) is 1. The number of hydrogen-bond acceptors (Lipinski definition) is 6. The lowest BCUT2D eigenvalue weighted by molar-refractivity contribution is 0.160. The zero-order chi connectivity index (χ0) is 13.8. The number of nitrogens with zero attached hydrogens (tertiary/aromatic N) is 6. The third-order valence-electron chi connectivity index (χ3n) is 3.94. The summed E-state index contributed by atoms with van der Waals surface area (Å²) < 4.78 is 1.44. The lowest BCUT2D eigenvalue weighted by atomic mass is 10.0. The molecule has 0 radical (unpaired) electrons. The fourth-order valence-corrected chi connectivity index (χ4v) is 2.73. The van der Waals surface area contributed by atoms with Crippen molar-refractivity contribution in [1.82, 2.24) is 30.2 Å². The number of piperidine rings is 1. The molecule has 1 fully saturated rings. The first-order valence-corrected chi connectivity index (χ1v) is 7.36. The van der Waals surface area contributed by atoms with E-state index in [4.69, 9.17) is 0 Å². The fraction of sp³-hybridized carbons (Fsp3) is 0.692. The van der Waals surface area contributed by atoms with E-state index >= 15 is 0 Å². The van der Waals surface area contributed by atoms with Crippen molar-refractivity contribution in [3.63, 3.8) is 0 Å². The molecule has 0 bridgehead atoms. The van der Waals surface area contributed by atoms with E-state index in [-0.39, 0.29) is 0 Å². The summed E-state index contributed by atoms with van der Waals surface area (Å²) in [5.41, 5.74) is 0.665. The summed E-state index contributed by atoms with van der Waals surface area (Å²) in [7, 11) is 0. The largest absolute Gasteiger partial charge is 0.369 e. The highest BCUT2D eigenvalue weighted by Gasteiger charge is 2.16. The van der Waals surface area contributed by atoms with Crippen molar-refractivity contribution in [2.75, 3.05) is 25.0 Å². The lowest BCUT2D eigenvalue weighted by Crippen LogP contribution is -2.38. The van der Waals surface area contributed by atoms with Crippen LogP contribution in [0.15, 0.2) is 12.1 Å². The molecule has 2 aromatic rings. The monoisotopic (exact) mass is 275 g/mol. The van der Waals surface area contributed by atoms with Crippen LogP contribution in [0.4, 0.5) is 5.82 Å². The Morgan fingerprint density at radius 3 is 3.20 bits per heavy atom. The predicted octanol–water partition coefficient (Wildman–Crippen LogP) is 1.20. The molecule has 2 aromatic heterocycles. The maximum absolute atomic E-state index is 4.29. The van der Waals surface area contributed by atoms with Crippen molar-refractivity contribution in [3.05, 3.63) is 12.1 Å². The number of fused-ring (bicyclic) bond motifs is 1. The van der Waals surface area contributed by atoms with Gasteiger partial charge < -0.3 is 10.2 Å². The van der Waals surface area contributed by atoms with E-state index < -0.39 is 0 Å². The molecule has 0 aromatic carbocycles. The number of likely N-dealkylation sites (tertiary alicyclic amines) is 1. The van der Waals surface area contributed by atoms with Gasteiger partial charge in [-0.1, -0.05) is 6.42 Å². The van der Waals surface area contributed by atoms with Gasteiger partial charge in [0.1, 0.15) is 5.82 Å². The number of aromatic nitrogens is 5. The second-order valence-electron chi connectivity index (χ2n) is 5.41. The van der Waals surface area contributed by atoms with Gasteiger partial charge in [-0.05, 0) is 55.3 Å². The Hall–Kier alpha value is -1.76. The lowest BCUT2D eigenvalue weighted by Gasteiger charge is -2.33. The molecule has 1 saturated heterocycles. The first-order valence-electron chi connectivity index (χ1n) is 7.36. The summed E-state index contributed by atoms with van der Waals surface area (Å²) in [4.78, 5) is 2.59. The van der Waals surface area contributed by atoms with Gasteiger partial charge in [-0.15, -0.1) is 14.8 Å². The maximum atomic E-state index is 4.29. The third-order valence-corrected chi connectivity index (χ3v) is 3.94. The quantitative estimate of drug-likeness (QED) is 0.827. The summed E-state index contributed by atoms with van der Waals surface area (Å²) in [6, 6.07) is 4.51. The molecule has 1 aliphatic rings. The van der Waals surface area contributed by atoms with Crippen LogP contribution in [0.3, 0.4) is 0 Å². The van der Waals surface area contributed by atoms with Crippen LogP contribution in [0.5, 0.6) is 0 Å². The average Bonchev–Trinajstić information content (AvgIpc) is 2.93. The molecule has 0 unspecified atom stereocenters. The number of tetrazole rings is 1. The number of anilines is 1. The van der Waals surface area contributed by atoms with E-state index in [1.807, 2.05) is 12.1 Å². The number of hydrogen-bond donors (Lipinski definition) is 1. The van der Waals surface area contributed by atoms with Crippen LogP contribution < -0.4 is 5.32 Å². The van der Waals surface area contributed by atoms with Crippen LogP contribution in [0.2, 0.25) is 0 Å². The first-order chi connectivity index (χ1) is 9.83. The van der Waals surface area contributed by atoms with Gasteiger partial charge in [0.15, 0.2) is 5.65 Å². The summed E-state index contributed by atoms with van der Waals surface area (Å²) in [6.07, 6.45) is 5.19. The Morgan fingerprint density at radius 1 is 1.35 bits per heavy atom. The summed E-state index contributed by atoms with van der Waals surface area (Å²) >= 11 is 0. The van der Waals surface area contributed by atoms with Gasteiger partial charge in [0.2, 0.25) is 0 Å². The Balaban J connectivity index is 1.45. The molecule has 7 nitrogen and oxygen atoms in total. The van der Waals surface area contributed by atoms with Gasteiger partial charge >= 0.3 is 0 Å². The van der Waals surface area contributed by atoms with E-state index in [0.29, 0.717) is 5.65 Å². The second kappa shape index (κ2) is 6.13. The molecular formula is C13H21N7. The second-order valence-corrected chi connectivity index (χ2v) is 5.41. The molecule has 3 heterocycles. The zero-order valence-electron chi connectivity index (χ0n) is 11.9. The van der Waals surface area contributed by atoms with Crippen molar-refractivity contribution < 1.29 is 0 Å². The van der Waals surface area contributed by atoms with Crippen LogP contribution >= 0.6 is 0 Å². The average molecular weight is 275 g/mol. The van der Waals surface area contributed by atoms with Gasteiger partial charge in [0, 0.05) is 19.1 Å². The molecule has 0 aliphatic carbocycles. The van der Waals surface area contributed by atoms with Crippen LogP contribution in [-0.2, 0) is 0 Å². The molecule has 7 heteroatoms. The molecule has 3 rings (SSSR count). The Kier molecular flexibility index (Phi) is 4.05. The molecule has 1 N–H and O–H groups in total. The maximum Gasteiger partial charge on any atom is 0.200 e. The zero-order valence-corrected chi connectivity index (χ0v) is 11.9. The van der Waals surface area contributed by atoms with E-state index in [1.165, 1.54) is 30.4 Å². The molecule has 0 amide bonds. The smallest absolute Gasteiger partial charge is 0.200 e. The molecule has 0 spiro atoms. The normalized spacial score (nSPS) is 20.4. The summed E-state index contributed by atoms with van der Waals surface area (Å²) in [5, 5.41) is 18.8. The van der Waals surface area contributed by atoms with Crippen molar-refractivity contribution in [1.29, 1.82) is 0 Å². The Labute approximate surface area is 118 Å². The Bertz CT molecular complexity index is 552. The highest BCUT2D eigenvalue weighted by molar-refractivity contribution is 5.41. The molecule has 1 aliphatic heterocycles. The predicted molar refractivity (Wildman–Crippen MR) is 76.6 cm³/mol. The molecule has 0 saturated carbocycles. The van der Waals surface area contributed by atoms with Gasteiger partial charge in [-0.2, -0.15) is 0 Å². The van der Waals surface area contributed by atoms with Crippen molar-refractivity contribution in [2.45, 2.75) is 38.6 Å². The molecule has 1 atom stereocenters. The minimum Gasteiger partial charge on any atom is -0.369 e. The minimum atomic E-state index is 0.665. The van der Waals surface area contributed by atoms with E-state index in [9.17, 15) is 0 Å². The van der Waals surface area contributed by atoms with Crippen LogP contribution in [0, 0.1) is 0 Å². The molecule has 20 heavy (non-hydrogen) atoms. The van der Waals surface area contributed by atoms with Crippen molar-refractivity contribution >= 4 is 11.5 Å². The van der Waals surface area contributed by atoms with E-state index in [1.54, 1.807) is 0 Å². The van der Waals surface area contributed by atoms with Crippen LogP contribution in [0.25, 0.3) is 5.65 Å². The van der Waals surface area contributed by atoms with E-state index in [0.717, 1.165) is 31.4 Å². The summed E-state index contributed by atoms with van der Waals surface area (Å²) in [5.74, 6) is 0.816. The minimum absolute atomic E-state index is 0.665. The third kappa shape index (κ3) is 3.04.